The maximum Gasteiger partial charge on any atom is 0.415 e. The molecule has 6 heteroatoms. The van der Waals surface area contributed by atoms with Gasteiger partial charge in [-0.1, -0.05) is 0 Å². The molecule has 27 heavy (non-hydrogen) atoms. The standard InChI is InChI=1S/C21H28N2O4/c1-13(19(24)26-2)23(18-5-3-17(22)4-6-18)20(25)27-21-10-14-7-15(11-21)9-16(8-14)12-21/h3-6,13-16H,7-12,22H2,1-2H3/t13-,14?,15?,16?,21?/m0/s1. The zero-order chi connectivity index (χ0) is 19.2. The molecule has 4 aliphatic carbocycles. The van der Waals surface area contributed by atoms with Gasteiger partial charge in [-0.2, -0.15) is 0 Å². The van der Waals surface area contributed by atoms with Crippen LogP contribution in [0.4, 0.5) is 16.2 Å². The van der Waals surface area contributed by atoms with E-state index in [1.165, 1.54) is 31.3 Å². The molecule has 1 aromatic rings. The Kier molecular flexibility index (Phi) is 4.52. The number of esters is 1. The third-order valence-electron chi connectivity index (χ3n) is 6.58. The Morgan fingerprint density at radius 1 is 1.07 bits per heavy atom. The van der Waals surface area contributed by atoms with Crippen LogP contribution in [0.1, 0.15) is 45.4 Å². The van der Waals surface area contributed by atoms with E-state index in [9.17, 15) is 9.59 Å². The summed E-state index contributed by atoms with van der Waals surface area (Å²) in [5, 5.41) is 0. The van der Waals surface area contributed by atoms with Gasteiger partial charge >= 0.3 is 12.1 Å². The van der Waals surface area contributed by atoms with E-state index in [0.717, 1.165) is 19.3 Å². The number of nitrogens with zero attached hydrogens (tertiary/aromatic N) is 1. The molecule has 4 bridgehead atoms. The number of rotatable bonds is 4. The van der Waals surface area contributed by atoms with Gasteiger partial charge < -0.3 is 15.2 Å². The van der Waals surface area contributed by atoms with Crippen LogP contribution in [0.3, 0.4) is 0 Å². The van der Waals surface area contributed by atoms with E-state index in [4.69, 9.17) is 15.2 Å². The maximum absolute atomic E-state index is 13.2. The van der Waals surface area contributed by atoms with E-state index in [0.29, 0.717) is 29.1 Å². The van der Waals surface area contributed by atoms with Gasteiger partial charge in [-0.05, 0) is 87.5 Å². The largest absolute Gasteiger partial charge is 0.467 e. The van der Waals surface area contributed by atoms with Gasteiger partial charge in [0.1, 0.15) is 11.6 Å². The summed E-state index contributed by atoms with van der Waals surface area (Å²) in [5.74, 6) is 1.54. The number of carbonyl (C=O) groups is 2. The number of amides is 1. The lowest BCUT2D eigenvalue weighted by molar-refractivity contribution is -0.143. The highest BCUT2D eigenvalue weighted by molar-refractivity contribution is 5.95. The Hall–Kier alpha value is -2.24. The van der Waals surface area contributed by atoms with Gasteiger partial charge in [-0.3, -0.25) is 4.90 Å². The summed E-state index contributed by atoms with van der Waals surface area (Å²) in [4.78, 5) is 26.8. The van der Waals surface area contributed by atoms with Crippen LogP contribution < -0.4 is 10.6 Å². The van der Waals surface area contributed by atoms with Crippen LogP contribution in [0.2, 0.25) is 0 Å². The van der Waals surface area contributed by atoms with E-state index in [2.05, 4.69) is 0 Å². The van der Waals surface area contributed by atoms with Crippen molar-refractivity contribution in [2.45, 2.75) is 57.1 Å². The highest BCUT2D eigenvalue weighted by atomic mass is 16.6. The van der Waals surface area contributed by atoms with E-state index in [1.54, 1.807) is 31.2 Å². The summed E-state index contributed by atoms with van der Waals surface area (Å²) >= 11 is 0. The van der Waals surface area contributed by atoms with Crippen molar-refractivity contribution in [3.05, 3.63) is 24.3 Å². The zero-order valence-corrected chi connectivity index (χ0v) is 16.0. The second-order valence-corrected chi connectivity index (χ2v) is 8.63. The number of nitrogen functional groups attached to an aromatic ring is 1. The fraction of sp³-hybridized carbons (Fsp3) is 0.619. The van der Waals surface area contributed by atoms with Crippen molar-refractivity contribution >= 4 is 23.4 Å². The second-order valence-electron chi connectivity index (χ2n) is 8.63. The molecule has 4 saturated carbocycles. The lowest BCUT2D eigenvalue weighted by Gasteiger charge is -2.55. The second kappa shape index (κ2) is 6.73. The Morgan fingerprint density at radius 3 is 2.07 bits per heavy atom. The number of hydrogen-bond acceptors (Lipinski definition) is 5. The Morgan fingerprint density at radius 2 is 1.59 bits per heavy atom. The molecule has 1 aromatic carbocycles. The Bertz CT molecular complexity index is 695. The van der Waals surface area contributed by atoms with Crippen molar-refractivity contribution in [3.63, 3.8) is 0 Å². The lowest BCUT2D eigenvalue weighted by atomic mass is 9.54. The molecule has 1 atom stereocenters. The fourth-order valence-electron chi connectivity index (χ4n) is 5.79. The molecule has 0 aliphatic heterocycles. The van der Waals surface area contributed by atoms with E-state index in [1.807, 2.05) is 0 Å². The molecular weight excluding hydrogens is 344 g/mol. The van der Waals surface area contributed by atoms with Gasteiger partial charge in [0.2, 0.25) is 0 Å². The maximum atomic E-state index is 13.2. The molecule has 0 saturated heterocycles. The quantitative estimate of drug-likeness (QED) is 0.643. The molecule has 0 unspecified atom stereocenters. The van der Waals surface area contributed by atoms with Crippen molar-refractivity contribution in [3.8, 4) is 0 Å². The number of carbonyl (C=O) groups excluding carboxylic acids is 2. The predicted molar refractivity (Wildman–Crippen MR) is 102 cm³/mol. The van der Waals surface area contributed by atoms with E-state index in [-0.39, 0.29) is 5.60 Å². The molecule has 6 nitrogen and oxygen atoms in total. The Balaban J connectivity index is 1.59. The fourth-order valence-corrected chi connectivity index (χ4v) is 5.79. The van der Waals surface area contributed by atoms with Crippen LogP contribution >= 0.6 is 0 Å². The minimum Gasteiger partial charge on any atom is -0.467 e. The first-order valence-corrected chi connectivity index (χ1v) is 9.85. The molecular formula is C21H28N2O4. The summed E-state index contributed by atoms with van der Waals surface area (Å²) in [6.07, 6.45) is 6.21. The third-order valence-corrected chi connectivity index (χ3v) is 6.58. The molecule has 146 valence electrons. The molecule has 0 aromatic heterocycles. The zero-order valence-electron chi connectivity index (χ0n) is 16.0. The SMILES string of the molecule is COC(=O)[C@H](C)N(C(=O)OC12CC3CC(CC(C3)C1)C2)c1ccc(N)cc1. The number of methoxy groups -OCH3 is 1. The Labute approximate surface area is 160 Å². The van der Waals surface area contributed by atoms with Gasteiger partial charge in [-0.15, -0.1) is 0 Å². The van der Waals surface area contributed by atoms with Gasteiger partial charge in [0.15, 0.2) is 0 Å². The molecule has 1 amide bonds. The molecule has 4 aliphatic rings. The summed E-state index contributed by atoms with van der Waals surface area (Å²) in [6.45, 7) is 1.66. The first-order valence-electron chi connectivity index (χ1n) is 9.85. The predicted octanol–water partition coefficient (Wildman–Crippen LogP) is 3.74. The average molecular weight is 372 g/mol. The molecule has 0 radical (unpaired) electrons. The van der Waals surface area contributed by atoms with Crippen molar-refractivity contribution in [1.29, 1.82) is 0 Å². The molecule has 5 rings (SSSR count). The van der Waals surface area contributed by atoms with Gasteiger partial charge in [0.05, 0.1) is 7.11 Å². The third kappa shape index (κ3) is 3.37. The van der Waals surface area contributed by atoms with Crippen molar-refractivity contribution < 1.29 is 19.1 Å². The number of hydrogen-bond donors (Lipinski definition) is 1. The van der Waals surface area contributed by atoms with Crippen LogP contribution in [-0.4, -0.2) is 30.8 Å². The van der Waals surface area contributed by atoms with Crippen LogP contribution in [0, 0.1) is 17.8 Å². The molecule has 2 N–H and O–H groups in total. The van der Waals surface area contributed by atoms with Crippen molar-refractivity contribution in [2.24, 2.45) is 17.8 Å². The average Bonchev–Trinajstić information content (AvgIpc) is 2.61. The van der Waals surface area contributed by atoms with Crippen molar-refractivity contribution in [1.82, 2.24) is 0 Å². The van der Waals surface area contributed by atoms with Crippen molar-refractivity contribution in [2.75, 3.05) is 17.7 Å². The first kappa shape index (κ1) is 18.1. The van der Waals surface area contributed by atoms with Gasteiger partial charge in [-0.25, -0.2) is 9.59 Å². The highest BCUT2D eigenvalue weighted by Gasteiger charge is 2.53. The summed E-state index contributed by atoms with van der Waals surface area (Å²) < 4.78 is 11.0. The van der Waals surface area contributed by atoms with Gasteiger partial charge in [0, 0.05) is 11.4 Å². The lowest BCUT2D eigenvalue weighted by Crippen LogP contribution is -2.55. The smallest absolute Gasteiger partial charge is 0.415 e. The summed E-state index contributed by atoms with van der Waals surface area (Å²) in [5.41, 5.74) is 6.58. The minimum atomic E-state index is -0.778. The highest BCUT2D eigenvalue weighted by Crippen LogP contribution is 2.57. The topological polar surface area (TPSA) is 81.9 Å². The van der Waals surface area contributed by atoms with E-state index < -0.39 is 18.1 Å². The number of anilines is 2. The van der Waals surface area contributed by atoms with Gasteiger partial charge in [0.25, 0.3) is 0 Å². The summed E-state index contributed by atoms with van der Waals surface area (Å²) in [6, 6.07) is 6.11. The van der Waals surface area contributed by atoms with Crippen LogP contribution in [0.15, 0.2) is 24.3 Å². The van der Waals surface area contributed by atoms with Crippen LogP contribution in [0.25, 0.3) is 0 Å². The molecule has 0 spiro atoms. The number of nitrogens with two attached hydrogens (primary N) is 1. The van der Waals surface area contributed by atoms with Crippen LogP contribution in [0.5, 0.6) is 0 Å². The monoisotopic (exact) mass is 372 g/mol. The molecule has 0 heterocycles. The number of benzene rings is 1. The van der Waals surface area contributed by atoms with E-state index >= 15 is 0 Å². The van der Waals surface area contributed by atoms with Crippen LogP contribution in [-0.2, 0) is 14.3 Å². The first-order chi connectivity index (χ1) is 12.9. The molecule has 4 fully saturated rings. The number of ether oxygens (including phenoxy) is 2. The minimum absolute atomic E-state index is 0.367. The normalized spacial score (nSPS) is 32.0. The summed E-state index contributed by atoms with van der Waals surface area (Å²) in [7, 11) is 1.32.